The van der Waals surface area contributed by atoms with Crippen LogP contribution in [0.15, 0.2) is 24.3 Å². The van der Waals surface area contributed by atoms with Crippen LogP contribution in [0.2, 0.25) is 0 Å². The zero-order chi connectivity index (χ0) is 18.0. The summed E-state index contributed by atoms with van der Waals surface area (Å²) in [5.41, 5.74) is -1.01. The number of carbonyl (C=O) groups is 2. The molecule has 132 valence electrons. The van der Waals surface area contributed by atoms with Gasteiger partial charge in [0.15, 0.2) is 0 Å². The van der Waals surface area contributed by atoms with Crippen LogP contribution in [0.4, 0.5) is 4.79 Å². The summed E-state index contributed by atoms with van der Waals surface area (Å²) in [6.07, 6.45) is 0.0172. The smallest absolute Gasteiger partial charge is 0.410 e. The first-order chi connectivity index (χ1) is 11.1. The van der Waals surface area contributed by atoms with Crippen LogP contribution >= 0.6 is 0 Å². The zero-order valence-corrected chi connectivity index (χ0v) is 14.7. The van der Waals surface area contributed by atoms with E-state index < -0.39 is 23.3 Å². The minimum atomic E-state index is -1.31. The highest BCUT2D eigenvalue weighted by atomic mass is 16.6. The highest BCUT2D eigenvalue weighted by molar-refractivity contribution is 5.79. The number of likely N-dealkylation sites (tertiary alicyclic amines) is 1. The molecule has 0 unspecified atom stereocenters. The van der Waals surface area contributed by atoms with Gasteiger partial charge in [-0.15, -0.1) is 0 Å². The minimum Gasteiger partial charge on any atom is -0.478 e. The number of carboxylic acids is 1. The number of rotatable bonds is 3. The second-order valence-electron chi connectivity index (χ2n) is 7.13. The third kappa shape index (κ3) is 4.19. The topological polar surface area (TPSA) is 76.1 Å². The fourth-order valence-corrected chi connectivity index (χ4v) is 2.62. The van der Waals surface area contributed by atoms with Crippen molar-refractivity contribution in [1.82, 2.24) is 4.90 Å². The number of carboxylic acid groups (broad SMARTS) is 1. The van der Waals surface area contributed by atoms with Gasteiger partial charge in [0.05, 0.1) is 0 Å². The van der Waals surface area contributed by atoms with E-state index in [4.69, 9.17) is 9.47 Å². The van der Waals surface area contributed by atoms with Gasteiger partial charge in [-0.3, -0.25) is 0 Å². The predicted octanol–water partition coefficient (Wildman–Crippen LogP) is 3.23. The molecule has 2 rings (SSSR count). The summed E-state index contributed by atoms with van der Waals surface area (Å²) in [6, 6.07) is 7.33. The predicted molar refractivity (Wildman–Crippen MR) is 89.2 cm³/mol. The Hall–Kier alpha value is -2.24. The summed E-state index contributed by atoms with van der Waals surface area (Å²) in [5.74, 6) is -0.444. The van der Waals surface area contributed by atoms with Crippen LogP contribution in [0.25, 0.3) is 0 Å². The van der Waals surface area contributed by atoms with Crippen molar-refractivity contribution >= 4 is 12.1 Å². The largest absolute Gasteiger partial charge is 0.478 e. The van der Waals surface area contributed by atoms with Crippen LogP contribution in [0, 0.1) is 6.92 Å². The third-order valence-corrected chi connectivity index (χ3v) is 4.01. The molecule has 24 heavy (non-hydrogen) atoms. The van der Waals surface area contributed by atoms with Crippen molar-refractivity contribution in [3.05, 3.63) is 29.8 Å². The van der Waals surface area contributed by atoms with Crippen molar-refractivity contribution in [2.24, 2.45) is 0 Å². The number of piperidine rings is 1. The van der Waals surface area contributed by atoms with Gasteiger partial charge in [-0.2, -0.15) is 0 Å². The molecular weight excluding hydrogens is 310 g/mol. The van der Waals surface area contributed by atoms with E-state index >= 15 is 0 Å². The number of hydrogen-bond donors (Lipinski definition) is 1. The van der Waals surface area contributed by atoms with E-state index in [1.165, 1.54) is 4.90 Å². The van der Waals surface area contributed by atoms with E-state index in [-0.39, 0.29) is 25.9 Å². The van der Waals surface area contributed by atoms with Gasteiger partial charge in [0, 0.05) is 25.9 Å². The molecule has 1 aromatic rings. The van der Waals surface area contributed by atoms with Gasteiger partial charge >= 0.3 is 12.1 Å². The number of aryl methyl sites for hydroxylation is 1. The molecule has 0 aliphatic carbocycles. The Labute approximate surface area is 142 Å². The number of amides is 1. The van der Waals surface area contributed by atoms with Gasteiger partial charge in [0.1, 0.15) is 11.4 Å². The van der Waals surface area contributed by atoms with Crippen LogP contribution in [-0.4, -0.2) is 46.4 Å². The van der Waals surface area contributed by atoms with Crippen LogP contribution in [-0.2, 0) is 9.53 Å². The normalized spacial score (nSPS) is 17.2. The van der Waals surface area contributed by atoms with Crippen molar-refractivity contribution in [1.29, 1.82) is 0 Å². The van der Waals surface area contributed by atoms with Crippen LogP contribution in [0.5, 0.6) is 5.75 Å². The summed E-state index contributed by atoms with van der Waals surface area (Å²) < 4.78 is 11.2. The lowest BCUT2D eigenvalue weighted by Gasteiger charge is -2.39. The molecule has 1 heterocycles. The first kappa shape index (κ1) is 18.1. The molecule has 1 fully saturated rings. The second-order valence-corrected chi connectivity index (χ2v) is 7.13. The summed E-state index contributed by atoms with van der Waals surface area (Å²) in [7, 11) is 0. The van der Waals surface area contributed by atoms with Gasteiger partial charge in [0.2, 0.25) is 5.60 Å². The van der Waals surface area contributed by atoms with Gasteiger partial charge in [0.25, 0.3) is 0 Å². The number of aliphatic carboxylic acids is 1. The van der Waals surface area contributed by atoms with Crippen molar-refractivity contribution in [2.45, 2.75) is 51.7 Å². The SMILES string of the molecule is Cc1ccccc1OC1(C(=O)O)CCN(C(=O)OC(C)(C)C)CC1. The Morgan fingerprint density at radius 3 is 2.25 bits per heavy atom. The van der Waals surface area contributed by atoms with Crippen LogP contribution in [0.1, 0.15) is 39.2 Å². The summed E-state index contributed by atoms with van der Waals surface area (Å²) in [4.78, 5) is 25.5. The van der Waals surface area contributed by atoms with E-state index in [0.29, 0.717) is 5.75 Å². The van der Waals surface area contributed by atoms with E-state index in [9.17, 15) is 14.7 Å². The molecule has 1 amide bonds. The zero-order valence-electron chi connectivity index (χ0n) is 14.7. The summed E-state index contributed by atoms with van der Waals surface area (Å²) in [6.45, 7) is 7.86. The van der Waals surface area contributed by atoms with Crippen molar-refractivity contribution < 1.29 is 24.2 Å². The number of hydrogen-bond acceptors (Lipinski definition) is 4. The van der Waals surface area contributed by atoms with Crippen LogP contribution < -0.4 is 4.74 Å². The third-order valence-electron chi connectivity index (χ3n) is 4.01. The molecule has 1 saturated heterocycles. The van der Waals surface area contributed by atoms with E-state index in [1.54, 1.807) is 26.8 Å². The van der Waals surface area contributed by atoms with Crippen molar-refractivity contribution in [3.63, 3.8) is 0 Å². The van der Waals surface area contributed by atoms with E-state index in [0.717, 1.165) is 5.56 Å². The average molecular weight is 335 g/mol. The minimum absolute atomic E-state index is 0.218. The van der Waals surface area contributed by atoms with Gasteiger partial charge in [-0.25, -0.2) is 9.59 Å². The van der Waals surface area contributed by atoms with Gasteiger partial charge in [-0.05, 0) is 39.3 Å². The molecule has 6 heteroatoms. The molecule has 0 bridgehead atoms. The van der Waals surface area contributed by atoms with E-state index in [1.807, 2.05) is 25.1 Å². The first-order valence-corrected chi connectivity index (χ1v) is 8.09. The second kappa shape index (κ2) is 6.71. The summed E-state index contributed by atoms with van der Waals surface area (Å²) >= 11 is 0. The number of para-hydroxylation sites is 1. The lowest BCUT2D eigenvalue weighted by Crippen LogP contribution is -2.55. The van der Waals surface area contributed by atoms with E-state index in [2.05, 4.69) is 0 Å². The number of benzene rings is 1. The lowest BCUT2D eigenvalue weighted by atomic mass is 9.91. The lowest BCUT2D eigenvalue weighted by molar-refractivity contribution is -0.159. The molecule has 6 nitrogen and oxygen atoms in total. The van der Waals surface area contributed by atoms with Gasteiger partial charge < -0.3 is 19.5 Å². The Morgan fingerprint density at radius 1 is 1.17 bits per heavy atom. The fraction of sp³-hybridized carbons (Fsp3) is 0.556. The Balaban J connectivity index is 2.08. The highest BCUT2D eigenvalue weighted by Crippen LogP contribution is 2.31. The molecule has 0 atom stereocenters. The number of ether oxygens (including phenoxy) is 2. The van der Waals surface area contributed by atoms with Crippen LogP contribution in [0.3, 0.4) is 0 Å². The molecule has 1 N–H and O–H groups in total. The number of carbonyl (C=O) groups excluding carboxylic acids is 1. The van der Waals surface area contributed by atoms with Gasteiger partial charge in [-0.1, -0.05) is 18.2 Å². The van der Waals surface area contributed by atoms with Crippen molar-refractivity contribution in [3.8, 4) is 5.75 Å². The highest BCUT2D eigenvalue weighted by Gasteiger charge is 2.45. The fourth-order valence-electron chi connectivity index (χ4n) is 2.62. The summed E-state index contributed by atoms with van der Waals surface area (Å²) in [5, 5.41) is 9.69. The molecule has 0 aromatic heterocycles. The Kier molecular flexibility index (Phi) is 5.06. The molecule has 0 saturated carbocycles. The molecule has 0 spiro atoms. The van der Waals surface area contributed by atoms with Crippen molar-refractivity contribution in [2.75, 3.05) is 13.1 Å². The maximum atomic E-state index is 12.1. The monoisotopic (exact) mass is 335 g/mol. The first-order valence-electron chi connectivity index (χ1n) is 8.09. The average Bonchev–Trinajstić information content (AvgIpc) is 2.48. The molecule has 1 aliphatic heterocycles. The number of nitrogens with zero attached hydrogens (tertiary/aromatic N) is 1. The Bertz CT molecular complexity index is 612. The molecule has 1 aromatic carbocycles. The maximum absolute atomic E-state index is 12.1. The molecule has 0 radical (unpaired) electrons. The standard InChI is InChI=1S/C18H25NO5/c1-13-7-5-6-8-14(13)23-18(15(20)21)9-11-19(12-10-18)16(22)24-17(2,3)4/h5-8H,9-12H2,1-4H3,(H,20,21). The molecular formula is C18H25NO5. The Morgan fingerprint density at radius 2 is 1.75 bits per heavy atom. The quantitative estimate of drug-likeness (QED) is 0.918. The molecule has 1 aliphatic rings. The maximum Gasteiger partial charge on any atom is 0.410 e.